The van der Waals surface area contributed by atoms with Crippen LogP contribution in [0.1, 0.15) is 37.2 Å². The van der Waals surface area contributed by atoms with E-state index in [0.29, 0.717) is 43.0 Å². The first kappa shape index (κ1) is 18.3. The van der Waals surface area contributed by atoms with E-state index < -0.39 is 0 Å². The molecule has 4 saturated heterocycles. The van der Waals surface area contributed by atoms with Gasteiger partial charge in [-0.25, -0.2) is 0 Å². The van der Waals surface area contributed by atoms with Gasteiger partial charge < -0.3 is 19.3 Å². The lowest BCUT2D eigenvalue weighted by atomic mass is 9.75. The van der Waals surface area contributed by atoms with Gasteiger partial charge in [-0.2, -0.15) is 0 Å². The molecule has 2 bridgehead atoms. The highest BCUT2D eigenvalue weighted by Crippen LogP contribution is 2.48. The predicted octanol–water partition coefficient (Wildman–Crippen LogP) is 2.15. The molecular formula is C22H31N3O3. The zero-order chi connectivity index (χ0) is 19.3. The normalized spacial score (nSPS) is 32.8. The van der Waals surface area contributed by atoms with Gasteiger partial charge in [0.05, 0.1) is 6.04 Å². The second kappa shape index (κ2) is 7.23. The Morgan fingerprint density at radius 1 is 1.14 bits per heavy atom. The molecule has 5 aliphatic rings. The molecule has 1 aromatic rings. The summed E-state index contributed by atoms with van der Waals surface area (Å²) in [5.74, 6) is 3.04. The molecule has 6 nitrogen and oxygen atoms in total. The third-order valence-corrected chi connectivity index (χ3v) is 7.14. The fourth-order valence-electron chi connectivity index (χ4n) is 5.83. The predicted molar refractivity (Wildman–Crippen MR) is 107 cm³/mol. The van der Waals surface area contributed by atoms with Crippen LogP contribution in [0.25, 0.3) is 0 Å². The third kappa shape index (κ3) is 3.07. The molecule has 0 N–H and O–H groups in total. The van der Waals surface area contributed by atoms with Crippen LogP contribution in [0.3, 0.4) is 0 Å². The molecular weight excluding hydrogens is 354 g/mol. The SMILES string of the molecule is CN(C)CCCC(=O)N1C[C@H](c2ccc3c(c2)OCO3)[C@H]2[C@@H]1C1CCN2CC1. The first-order valence-corrected chi connectivity index (χ1v) is 10.7. The van der Waals surface area contributed by atoms with Crippen LogP contribution in [0, 0.1) is 5.92 Å². The Labute approximate surface area is 167 Å². The van der Waals surface area contributed by atoms with Gasteiger partial charge in [-0.15, -0.1) is 0 Å². The Kier molecular flexibility index (Phi) is 4.71. The molecule has 0 spiro atoms. The molecule has 6 heteroatoms. The summed E-state index contributed by atoms with van der Waals surface area (Å²) in [5.41, 5.74) is 1.29. The lowest BCUT2D eigenvalue weighted by molar-refractivity contribution is -0.136. The molecule has 28 heavy (non-hydrogen) atoms. The van der Waals surface area contributed by atoms with Crippen LogP contribution in [0.15, 0.2) is 18.2 Å². The Balaban J connectivity index is 1.40. The standard InChI is InChI=1S/C22H31N3O3/c1-23(2)9-3-4-20(26)25-13-17(16-5-6-18-19(12-16)28-14-27-18)22-21(25)15-7-10-24(22)11-8-15/h5-6,12,15,17,21-22H,3-4,7-11,13-14H2,1-2H3/t17-,21+,22+/m1/s1. The van der Waals surface area contributed by atoms with Crippen molar-refractivity contribution in [3.05, 3.63) is 23.8 Å². The van der Waals surface area contributed by atoms with Crippen molar-refractivity contribution in [2.75, 3.05) is 47.1 Å². The molecule has 0 aromatic heterocycles. The summed E-state index contributed by atoms with van der Waals surface area (Å²) in [7, 11) is 4.14. The number of rotatable bonds is 5. The molecule has 5 heterocycles. The molecule has 6 rings (SSSR count). The maximum absolute atomic E-state index is 13.2. The Morgan fingerprint density at radius 2 is 1.93 bits per heavy atom. The van der Waals surface area contributed by atoms with E-state index in [9.17, 15) is 4.79 Å². The lowest BCUT2D eigenvalue weighted by Gasteiger charge is -2.51. The minimum atomic E-state index is 0.306. The van der Waals surface area contributed by atoms with Crippen molar-refractivity contribution in [3.8, 4) is 11.5 Å². The Hall–Kier alpha value is -1.79. The number of benzene rings is 1. The minimum absolute atomic E-state index is 0.306. The quantitative estimate of drug-likeness (QED) is 0.777. The van der Waals surface area contributed by atoms with Crippen molar-refractivity contribution >= 4 is 5.91 Å². The molecule has 0 aliphatic carbocycles. The van der Waals surface area contributed by atoms with Crippen LogP contribution in [0.5, 0.6) is 11.5 Å². The summed E-state index contributed by atoms with van der Waals surface area (Å²) >= 11 is 0. The van der Waals surface area contributed by atoms with E-state index in [-0.39, 0.29) is 0 Å². The number of nitrogens with zero attached hydrogens (tertiary/aromatic N) is 3. The van der Waals surface area contributed by atoms with Crippen molar-refractivity contribution in [3.63, 3.8) is 0 Å². The van der Waals surface area contributed by atoms with Crippen LogP contribution >= 0.6 is 0 Å². The summed E-state index contributed by atoms with van der Waals surface area (Å²) < 4.78 is 11.1. The van der Waals surface area contributed by atoms with Crippen LogP contribution in [-0.4, -0.2) is 79.8 Å². The van der Waals surface area contributed by atoms with Crippen LogP contribution < -0.4 is 9.47 Å². The van der Waals surface area contributed by atoms with E-state index in [1.165, 1.54) is 31.5 Å². The van der Waals surface area contributed by atoms with Gasteiger partial charge in [0.25, 0.3) is 0 Å². The largest absolute Gasteiger partial charge is 0.454 e. The van der Waals surface area contributed by atoms with E-state index in [4.69, 9.17) is 9.47 Å². The summed E-state index contributed by atoms with van der Waals surface area (Å²) in [6, 6.07) is 7.19. The Morgan fingerprint density at radius 3 is 2.71 bits per heavy atom. The monoisotopic (exact) mass is 385 g/mol. The fourth-order valence-corrected chi connectivity index (χ4v) is 5.83. The van der Waals surface area contributed by atoms with Crippen LogP contribution in [0.2, 0.25) is 0 Å². The number of piperidine rings is 3. The number of amides is 1. The van der Waals surface area contributed by atoms with E-state index in [1.54, 1.807) is 0 Å². The number of fused-ring (bicyclic) bond motifs is 3. The minimum Gasteiger partial charge on any atom is -0.454 e. The molecule has 1 amide bonds. The van der Waals surface area contributed by atoms with Gasteiger partial charge in [0.1, 0.15) is 0 Å². The maximum atomic E-state index is 13.2. The van der Waals surface area contributed by atoms with Gasteiger partial charge in [-0.3, -0.25) is 9.69 Å². The first-order valence-electron chi connectivity index (χ1n) is 10.7. The highest BCUT2D eigenvalue weighted by Gasteiger charge is 2.54. The van der Waals surface area contributed by atoms with Crippen molar-refractivity contribution in [2.45, 2.75) is 43.7 Å². The molecule has 0 unspecified atom stereocenters. The molecule has 4 fully saturated rings. The number of ether oxygens (including phenoxy) is 2. The summed E-state index contributed by atoms with van der Waals surface area (Å²) in [5, 5.41) is 0. The van der Waals surface area contributed by atoms with Crippen molar-refractivity contribution in [1.29, 1.82) is 0 Å². The smallest absolute Gasteiger partial charge is 0.231 e. The van der Waals surface area contributed by atoms with Gasteiger partial charge in [-0.05, 0) is 76.6 Å². The number of carbonyl (C=O) groups excluding carboxylic acids is 1. The average Bonchev–Trinajstić information content (AvgIpc) is 3.33. The van der Waals surface area contributed by atoms with Gasteiger partial charge >= 0.3 is 0 Å². The van der Waals surface area contributed by atoms with E-state index in [2.05, 4.69) is 40.9 Å². The molecule has 5 aliphatic heterocycles. The second-order valence-corrected chi connectivity index (χ2v) is 9.03. The lowest BCUT2D eigenvalue weighted by Crippen LogP contribution is -2.60. The molecule has 0 radical (unpaired) electrons. The average molecular weight is 386 g/mol. The third-order valence-electron chi connectivity index (χ3n) is 7.14. The van der Waals surface area contributed by atoms with Crippen molar-refractivity contribution in [1.82, 2.24) is 14.7 Å². The highest BCUT2D eigenvalue weighted by molar-refractivity contribution is 5.77. The second-order valence-electron chi connectivity index (χ2n) is 9.03. The molecule has 0 saturated carbocycles. The van der Waals surface area contributed by atoms with E-state index >= 15 is 0 Å². The number of likely N-dealkylation sites (tertiary alicyclic amines) is 1. The van der Waals surface area contributed by atoms with Crippen molar-refractivity contribution < 1.29 is 14.3 Å². The molecule has 1 aromatic carbocycles. The fraction of sp³-hybridized carbons (Fsp3) is 0.682. The number of hydrogen-bond donors (Lipinski definition) is 0. The van der Waals surface area contributed by atoms with Gasteiger partial charge in [0.2, 0.25) is 12.7 Å². The van der Waals surface area contributed by atoms with Crippen LogP contribution in [-0.2, 0) is 4.79 Å². The maximum Gasteiger partial charge on any atom is 0.231 e. The van der Waals surface area contributed by atoms with Crippen LogP contribution in [0.4, 0.5) is 0 Å². The van der Waals surface area contributed by atoms with Gasteiger partial charge in [0, 0.05) is 24.9 Å². The number of carbonyl (C=O) groups is 1. The molecule has 3 atom stereocenters. The summed E-state index contributed by atoms with van der Waals surface area (Å²) in [6.45, 7) is 4.46. The summed E-state index contributed by atoms with van der Waals surface area (Å²) in [4.78, 5) is 20.2. The topological polar surface area (TPSA) is 45.3 Å². The molecule has 152 valence electrons. The Bertz CT molecular complexity index is 745. The van der Waals surface area contributed by atoms with Crippen molar-refractivity contribution in [2.24, 2.45) is 5.92 Å². The van der Waals surface area contributed by atoms with Gasteiger partial charge in [-0.1, -0.05) is 6.07 Å². The zero-order valence-electron chi connectivity index (χ0n) is 17.0. The zero-order valence-corrected chi connectivity index (χ0v) is 17.0. The number of hydrogen-bond acceptors (Lipinski definition) is 5. The van der Waals surface area contributed by atoms with E-state index in [1.807, 2.05) is 6.07 Å². The first-order chi connectivity index (χ1) is 13.6. The van der Waals surface area contributed by atoms with Gasteiger partial charge in [0.15, 0.2) is 11.5 Å². The highest BCUT2D eigenvalue weighted by atomic mass is 16.7. The van der Waals surface area contributed by atoms with E-state index in [0.717, 1.165) is 31.0 Å². The summed E-state index contributed by atoms with van der Waals surface area (Å²) in [6.07, 6.45) is 4.05.